The Labute approximate surface area is 132 Å². The first-order chi connectivity index (χ1) is 10.3. The quantitative estimate of drug-likeness (QED) is 0.893. The van der Waals surface area contributed by atoms with E-state index in [9.17, 15) is 4.79 Å². The average molecular weight is 303 g/mol. The molecule has 1 N–H and O–H groups in total. The lowest BCUT2D eigenvalue weighted by molar-refractivity contribution is -0.161. The first kappa shape index (κ1) is 16.6. The highest BCUT2D eigenvalue weighted by Crippen LogP contribution is 2.35. The topological polar surface area (TPSA) is 47.6 Å². The lowest BCUT2D eigenvalue weighted by Crippen LogP contribution is -2.36. The summed E-state index contributed by atoms with van der Waals surface area (Å²) in [5.74, 6) is -1.01. The molecule has 0 aromatic heterocycles. The van der Waals surface area contributed by atoms with Crippen molar-refractivity contribution in [2.75, 3.05) is 6.61 Å². The second-order valence-electron chi connectivity index (χ2n) is 6.61. The maximum Gasteiger partial charge on any atom is 0.414 e. The molecular formula is C18H25NO3. The first-order valence-electron chi connectivity index (χ1n) is 7.76. The fraction of sp³-hybridized carbons (Fsp3) is 0.500. The van der Waals surface area contributed by atoms with E-state index in [2.05, 4.69) is 38.2 Å². The molecule has 0 spiro atoms. The minimum absolute atomic E-state index is 0.0780. The SMILES string of the molecule is CCO[C@]1(CCc2ccccc2)OC(=O)N/C1=C\C(C)(C)C. The number of ether oxygens (including phenoxy) is 2. The van der Waals surface area contributed by atoms with Gasteiger partial charge in [-0.3, -0.25) is 5.32 Å². The molecule has 1 aromatic rings. The van der Waals surface area contributed by atoms with Crippen molar-refractivity contribution in [3.8, 4) is 0 Å². The van der Waals surface area contributed by atoms with Gasteiger partial charge >= 0.3 is 6.09 Å². The van der Waals surface area contributed by atoms with Gasteiger partial charge in [-0.25, -0.2) is 4.79 Å². The molecule has 1 atom stereocenters. The number of cyclic esters (lactones) is 1. The number of allylic oxidation sites excluding steroid dienone is 1. The van der Waals surface area contributed by atoms with E-state index in [1.54, 1.807) is 0 Å². The van der Waals surface area contributed by atoms with E-state index < -0.39 is 11.9 Å². The molecule has 1 aliphatic rings. The van der Waals surface area contributed by atoms with Crippen LogP contribution >= 0.6 is 0 Å². The van der Waals surface area contributed by atoms with Gasteiger partial charge < -0.3 is 9.47 Å². The molecule has 1 heterocycles. The van der Waals surface area contributed by atoms with Crippen molar-refractivity contribution in [2.24, 2.45) is 5.41 Å². The van der Waals surface area contributed by atoms with Crippen molar-refractivity contribution in [3.05, 3.63) is 47.7 Å². The van der Waals surface area contributed by atoms with Gasteiger partial charge in [0.1, 0.15) is 0 Å². The third-order valence-electron chi connectivity index (χ3n) is 3.45. The Morgan fingerprint density at radius 2 is 1.95 bits per heavy atom. The van der Waals surface area contributed by atoms with E-state index in [0.29, 0.717) is 18.7 Å². The standard InChI is InChI=1S/C18H25NO3/c1-5-21-18(12-11-14-9-7-6-8-10-14)15(13-17(2,3)4)19-16(20)22-18/h6-10,13H,5,11-12H2,1-4H3,(H,19,20)/b15-13-/t18-/m1/s1. The molecule has 0 bridgehead atoms. The maximum atomic E-state index is 11.8. The Hall–Kier alpha value is -1.81. The van der Waals surface area contributed by atoms with Gasteiger partial charge in [0.05, 0.1) is 5.70 Å². The minimum atomic E-state index is -1.01. The van der Waals surface area contributed by atoms with Crippen LogP contribution in [0, 0.1) is 5.41 Å². The summed E-state index contributed by atoms with van der Waals surface area (Å²) < 4.78 is 11.4. The van der Waals surface area contributed by atoms with Crippen molar-refractivity contribution >= 4 is 6.09 Å². The zero-order valence-corrected chi connectivity index (χ0v) is 13.8. The molecule has 1 fully saturated rings. The van der Waals surface area contributed by atoms with Crippen LogP contribution in [0.25, 0.3) is 0 Å². The highest BCUT2D eigenvalue weighted by molar-refractivity contribution is 5.74. The summed E-state index contributed by atoms with van der Waals surface area (Å²) in [5.41, 5.74) is 1.83. The lowest BCUT2D eigenvalue weighted by Gasteiger charge is -2.29. The van der Waals surface area contributed by atoms with Gasteiger partial charge in [-0.1, -0.05) is 57.2 Å². The number of amides is 1. The van der Waals surface area contributed by atoms with Crippen molar-refractivity contribution in [2.45, 2.75) is 46.3 Å². The predicted octanol–water partition coefficient (Wildman–Crippen LogP) is 4.02. The lowest BCUT2D eigenvalue weighted by atomic mass is 9.92. The van der Waals surface area contributed by atoms with Crippen LogP contribution in [0.3, 0.4) is 0 Å². The molecular weight excluding hydrogens is 278 g/mol. The molecule has 1 aliphatic heterocycles. The van der Waals surface area contributed by atoms with Gasteiger partial charge in [-0.05, 0) is 24.3 Å². The molecule has 1 saturated heterocycles. The van der Waals surface area contributed by atoms with Crippen LogP contribution in [-0.4, -0.2) is 18.5 Å². The summed E-state index contributed by atoms with van der Waals surface area (Å²) in [6.07, 6.45) is 2.93. The Balaban J connectivity index is 2.25. The van der Waals surface area contributed by atoms with Crippen molar-refractivity contribution in [1.82, 2.24) is 5.32 Å². The van der Waals surface area contributed by atoms with Crippen molar-refractivity contribution in [1.29, 1.82) is 0 Å². The smallest absolute Gasteiger partial charge is 0.411 e. The predicted molar refractivity (Wildman–Crippen MR) is 86.3 cm³/mol. The second kappa shape index (κ2) is 6.53. The second-order valence-corrected chi connectivity index (χ2v) is 6.61. The number of carbonyl (C=O) groups excluding carboxylic acids is 1. The monoisotopic (exact) mass is 303 g/mol. The minimum Gasteiger partial charge on any atom is -0.411 e. The molecule has 0 unspecified atom stereocenters. The van der Waals surface area contributed by atoms with Crippen LogP contribution in [0.1, 0.15) is 39.7 Å². The Morgan fingerprint density at radius 1 is 1.27 bits per heavy atom. The summed E-state index contributed by atoms with van der Waals surface area (Å²) in [5, 5.41) is 2.80. The molecule has 2 rings (SSSR count). The first-order valence-corrected chi connectivity index (χ1v) is 7.76. The van der Waals surface area contributed by atoms with Crippen molar-refractivity contribution in [3.63, 3.8) is 0 Å². The third kappa shape index (κ3) is 4.10. The maximum absolute atomic E-state index is 11.8. The number of aryl methyl sites for hydroxylation is 1. The molecule has 0 radical (unpaired) electrons. The summed E-state index contributed by atoms with van der Waals surface area (Å²) in [7, 11) is 0. The summed E-state index contributed by atoms with van der Waals surface area (Å²) in [6, 6.07) is 10.1. The highest BCUT2D eigenvalue weighted by Gasteiger charge is 2.46. The zero-order valence-electron chi connectivity index (χ0n) is 13.8. The van der Waals surface area contributed by atoms with Crippen LogP contribution in [0.15, 0.2) is 42.1 Å². The number of carbonyl (C=O) groups is 1. The van der Waals surface area contributed by atoms with Gasteiger partial charge in [0.2, 0.25) is 0 Å². The van der Waals surface area contributed by atoms with Crippen LogP contribution < -0.4 is 5.32 Å². The Kier molecular flexibility index (Phi) is 4.91. The van der Waals surface area contributed by atoms with Crippen LogP contribution in [0.5, 0.6) is 0 Å². The Morgan fingerprint density at radius 3 is 2.55 bits per heavy atom. The van der Waals surface area contributed by atoms with E-state index >= 15 is 0 Å². The van der Waals surface area contributed by atoms with Crippen LogP contribution in [0.2, 0.25) is 0 Å². The molecule has 120 valence electrons. The summed E-state index contributed by atoms with van der Waals surface area (Å²) >= 11 is 0. The number of benzene rings is 1. The summed E-state index contributed by atoms with van der Waals surface area (Å²) in [6.45, 7) is 8.63. The number of alkyl carbamates (subject to hydrolysis) is 1. The average Bonchev–Trinajstić information content (AvgIpc) is 2.72. The molecule has 0 saturated carbocycles. The molecule has 22 heavy (non-hydrogen) atoms. The number of hydrogen-bond acceptors (Lipinski definition) is 3. The number of hydrogen-bond donors (Lipinski definition) is 1. The van der Waals surface area contributed by atoms with E-state index in [1.165, 1.54) is 5.56 Å². The van der Waals surface area contributed by atoms with Gasteiger partial charge in [0.15, 0.2) is 0 Å². The van der Waals surface area contributed by atoms with Crippen molar-refractivity contribution < 1.29 is 14.3 Å². The van der Waals surface area contributed by atoms with E-state index in [-0.39, 0.29) is 5.41 Å². The Bertz CT molecular complexity index is 545. The van der Waals surface area contributed by atoms with E-state index in [4.69, 9.17) is 9.47 Å². The fourth-order valence-electron chi connectivity index (χ4n) is 2.57. The largest absolute Gasteiger partial charge is 0.414 e. The van der Waals surface area contributed by atoms with E-state index in [0.717, 1.165) is 6.42 Å². The van der Waals surface area contributed by atoms with Crippen LogP contribution in [0.4, 0.5) is 4.79 Å². The normalized spacial score (nSPS) is 23.5. The van der Waals surface area contributed by atoms with E-state index in [1.807, 2.05) is 31.2 Å². The third-order valence-corrected chi connectivity index (χ3v) is 3.45. The molecule has 0 aliphatic carbocycles. The van der Waals surface area contributed by atoms with Gasteiger partial charge in [-0.15, -0.1) is 0 Å². The van der Waals surface area contributed by atoms with Gasteiger partial charge in [0, 0.05) is 13.0 Å². The van der Waals surface area contributed by atoms with Gasteiger partial charge in [0.25, 0.3) is 5.79 Å². The summed E-state index contributed by atoms with van der Waals surface area (Å²) in [4.78, 5) is 11.8. The van der Waals surface area contributed by atoms with Gasteiger partial charge in [-0.2, -0.15) is 0 Å². The fourth-order valence-corrected chi connectivity index (χ4v) is 2.57. The molecule has 1 amide bonds. The highest BCUT2D eigenvalue weighted by atomic mass is 16.7. The molecule has 4 nitrogen and oxygen atoms in total. The zero-order chi connectivity index (χ0) is 16.2. The molecule has 1 aromatic carbocycles. The number of nitrogens with one attached hydrogen (secondary N) is 1. The molecule has 4 heteroatoms. The number of rotatable bonds is 5. The van der Waals surface area contributed by atoms with Crippen LogP contribution in [-0.2, 0) is 15.9 Å².